The van der Waals surface area contributed by atoms with Gasteiger partial charge < -0.3 is 4.90 Å². The van der Waals surface area contributed by atoms with E-state index in [0.29, 0.717) is 0 Å². The third-order valence-electron chi connectivity index (χ3n) is 7.27. The van der Waals surface area contributed by atoms with Gasteiger partial charge >= 0.3 is 0 Å². The van der Waals surface area contributed by atoms with Gasteiger partial charge in [-0.15, -0.1) is 22.7 Å². The molecule has 0 N–H and O–H groups in total. The number of hydrogen-bond acceptors (Lipinski definition) is 3. The molecule has 0 aliphatic carbocycles. The van der Waals surface area contributed by atoms with Crippen molar-refractivity contribution in [2.45, 2.75) is 0 Å². The van der Waals surface area contributed by atoms with Gasteiger partial charge in [0.05, 0.1) is 9.72 Å². The number of hydrogen-bond donors (Lipinski definition) is 0. The predicted octanol–water partition coefficient (Wildman–Crippen LogP) is 11.7. The fourth-order valence-electron chi connectivity index (χ4n) is 5.51. The lowest BCUT2D eigenvalue weighted by atomic mass is 10.1. The van der Waals surface area contributed by atoms with Crippen LogP contribution < -0.4 is 4.90 Å². The Labute approximate surface area is 232 Å². The summed E-state index contributed by atoms with van der Waals surface area (Å²) in [6.07, 6.45) is 0. The number of halogens is 1. The van der Waals surface area contributed by atoms with Crippen LogP contribution in [-0.2, 0) is 0 Å². The van der Waals surface area contributed by atoms with Crippen molar-refractivity contribution in [2.75, 3.05) is 4.90 Å². The third-order valence-corrected chi connectivity index (χ3v) is 10.0. The molecule has 0 bridgehead atoms. The Hall–Kier alpha value is -3.89. The average molecular weight is 542 g/mol. The molecule has 1 nitrogen and oxygen atoms in total. The maximum Gasteiger partial charge on any atom is 0.0605 e. The molecule has 0 aliphatic rings. The highest BCUT2D eigenvalue weighted by Gasteiger charge is 2.18. The van der Waals surface area contributed by atoms with Crippen molar-refractivity contribution in [2.24, 2.45) is 0 Å². The first kappa shape index (κ1) is 22.1. The van der Waals surface area contributed by atoms with E-state index in [1.165, 1.54) is 46.4 Å². The Morgan fingerprint density at radius 2 is 1.13 bits per heavy atom. The zero-order valence-electron chi connectivity index (χ0n) is 20.2. The zero-order chi connectivity index (χ0) is 25.2. The highest BCUT2D eigenvalue weighted by molar-refractivity contribution is 7.26. The van der Waals surface area contributed by atoms with Crippen molar-refractivity contribution in [3.63, 3.8) is 0 Å². The minimum Gasteiger partial charge on any atom is -0.310 e. The molecule has 0 radical (unpaired) electrons. The second-order valence-corrected chi connectivity index (χ2v) is 12.1. The Morgan fingerprint density at radius 3 is 2.00 bits per heavy atom. The van der Waals surface area contributed by atoms with Crippen LogP contribution in [0.4, 0.5) is 17.1 Å². The highest BCUT2D eigenvalue weighted by Crippen LogP contribution is 2.46. The first-order chi connectivity index (χ1) is 18.7. The normalized spacial score (nSPS) is 11.8. The second-order valence-electron chi connectivity index (χ2n) is 9.55. The molecule has 0 amide bonds. The van der Waals surface area contributed by atoms with Crippen LogP contribution in [0, 0.1) is 0 Å². The maximum atomic E-state index is 7.03. The number of para-hydroxylation sites is 1. The van der Waals surface area contributed by atoms with Crippen molar-refractivity contribution in [1.82, 2.24) is 0 Å². The van der Waals surface area contributed by atoms with E-state index >= 15 is 0 Å². The molecule has 0 fully saturated rings. The lowest BCUT2D eigenvalue weighted by molar-refractivity contribution is 1.30. The molecule has 8 rings (SSSR count). The van der Waals surface area contributed by atoms with Crippen molar-refractivity contribution in [3.05, 3.63) is 126 Å². The van der Waals surface area contributed by atoms with E-state index in [2.05, 4.69) is 126 Å². The number of rotatable bonds is 3. The minimum atomic E-state index is 0.783. The van der Waals surface area contributed by atoms with Crippen LogP contribution in [-0.4, -0.2) is 0 Å². The molecular formula is C34H20ClNS2. The molecule has 6 aromatic carbocycles. The van der Waals surface area contributed by atoms with Crippen molar-refractivity contribution < 1.29 is 0 Å². The molecule has 0 spiro atoms. The Bertz CT molecular complexity index is 2160. The van der Waals surface area contributed by atoms with Gasteiger partial charge in [-0.2, -0.15) is 0 Å². The lowest BCUT2D eigenvalue weighted by Gasteiger charge is -2.26. The van der Waals surface area contributed by atoms with Gasteiger partial charge in [-0.05, 0) is 71.4 Å². The van der Waals surface area contributed by atoms with Crippen LogP contribution in [0.15, 0.2) is 121 Å². The summed E-state index contributed by atoms with van der Waals surface area (Å²) in [4.78, 5) is 2.32. The molecule has 4 heteroatoms. The highest BCUT2D eigenvalue weighted by atomic mass is 35.5. The number of benzene rings is 6. The monoisotopic (exact) mass is 541 g/mol. The SMILES string of the molecule is Clc1cc(N(c2ccccc2)c2ccc3sc4ccccc4c3c2)cc2c1sc1cc3ccccc3cc12. The molecule has 0 saturated heterocycles. The fourth-order valence-corrected chi connectivity index (χ4v) is 8.05. The largest absolute Gasteiger partial charge is 0.310 e. The van der Waals surface area contributed by atoms with Crippen LogP contribution >= 0.6 is 34.3 Å². The van der Waals surface area contributed by atoms with Crippen molar-refractivity contribution >= 4 is 102 Å². The summed E-state index contributed by atoms with van der Waals surface area (Å²) in [5.74, 6) is 0. The fraction of sp³-hybridized carbons (Fsp3) is 0. The first-order valence-electron chi connectivity index (χ1n) is 12.5. The van der Waals surface area contributed by atoms with Gasteiger partial charge in [-0.3, -0.25) is 0 Å². The van der Waals surface area contributed by atoms with Gasteiger partial charge in [-0.1, -0.05) is 72.3 Å². The van der Waals surface area contributed by atoms with E-state index in [9.17, 15) is 0 Å². The molecule has 0 saturated carbocycles. The van der Waals surface area contributed by atoms with Gasteiger partial charge in [0, 0.05) is 52.7 Å². The topological polar surface area (TPSA) is 3.24 Å². The molecular weight excluding hydrogens is 522 g/mol. The standard InChI is InChI=1S/C34H20ClNS2/c35-30-20-25(19-29-27-16-21-8-4-5-9-22(21)17-33(27)38-34(29)30)36(23-10-2-1-3-11-23)24-14-15-32-28(18-24)26-12-6-7-13-31(26)37-32/h1-20H. The van der Waals surface area contributed by atoms with Gasteiger partial charge in [0.25, 0.3) is 0 Å². The van der Waals surface area contributed by atoms with Gasteiger partial charge in [0.2, 0.25) is 0 Å². The number of nitrogens with zero attached hydrogens (tertiary/aromatic N) is 1. The van der Waals surface area contributed by atoms with E-state index in [-0.39, 0.29) is 0 Å². The Morgan fingerprint density at radius 1 is 0.447 bits per heavy atom. The molecule has 180 valence electrons. The van der Waals surface area contributed by atoms with E-state index in [1.807, 2.05) is 11.3 Å². The molecule has 8 aromatic rings. The van der Waals surface area contributed by atoms with Gasteiger partial charge in [0.15, 0.2) is 0 Å². The van der Waals surface area contributed by atoms with E-state index in [4.69, 9.17) is 11.6 Å². The van der Waals surface area contributed by atoms with Crippen LogP contribution in [0.1, 0.15) is 0 Å². The number of thiophene rings is 2. The second kappa shape index (κ2) is 8.57. The first-order valence-corrected chi connectivity index (χ1v) is 14.6. The van der Waals surface area contributed by atoms with E-state index in [1.54, 1.807) is 11.3 Å². The van der Waals surface area contributed by atoms with E-state index in [0.717, 1.165) is 26.8 Å². The minimum absolute atomic E-state index is 0.783. The lowest BCUT2D eigenvalue weighted by Crippen LogP contribution is -2.09. The Kier molecular flexibility index (Phi) is 4.99. The summed E-state index contributed by atoms with van der Waals surface area (Å²) in [5.41, 5.74) is 3.28. The predicted molar refractivity (Wildman–Crippen MR) is 169 cm³/mol. The molecule has 2 aromatic heterocycles. The van der Waals surface area contributed by atoms with Crippen LogP contribution in [0.3, 0.4) is 0 Å². The zero-order valence-corrected chi connectivity index (χ0v) is 22.6. The van der Waals surface area contributed by atoms with Crippen molar-refractivity contribution in [3.8, 4) is 0 Å². The van der Waals surface area contributed by atoms with Gasteiger partial charge in [0.1, 0.15) is 0 Å². The molecule has 0 unspecified atom stereocenters. The summed E-state index contributed by atoms with van der Waals surface area (Å²) in [5, 5.41) is 8.31. The van der Waals surface area contributed by atoms with E-state index < -0.39 is 0 Å². The molecule has 0 atom stereocenters. The molecule has 2 heterocycles. The number of anilines is 3. The third kappa shape index (κ3) is 3.44. The summed E-state index contributed by atoms with van der Waals surface area (Å²) < 4.78 is 5.00. The summed E-state index contributed by atoms with van der Waals surface area (Å²) >= 11 is 10.6. The maximum absolute atomic E-state index is 7.03. The number of fused-ring (bicyclic) bond motifs is 7. The molecule has 0 aliphatic heterocycles. The Balaban J connectivity index is 1.39. The summed E-state index contributed by atoms with van der Waals surface area (Å²) in [6, 6.07) is 43.6. The smallest absolute Gasteiger partial charge is 0.0605 e. The summed E-state index contributed by atoms with van der Waals surface area (Å²) in [7, 11) is 0. The quantitative estimate of drug-likeness (QED) is 0.215. The van der Waals surface area contributed by atoms with Crippen molar-refractivity contribution in [1.29, 1.82) is 0 Å². The van der Waals surface area contributed by atoms with Crippen LogP contribution in [0.25, 0.3) is 51.1 Å². The molecule has 38 heavy (non-hydrogen) atoms. The van der Waals surface area contributed by atoms with Crippen LogP contribution in [0.2, 0.25) is 5.02 Å². The summed E-state index contributed by atoms with van der Waals surface area (Å²) in [6.45, 7) is 0. The van der Waals surface area contributed by atoms with Gasteiger partial charge in [-0.25, -0.2) is 0 Å². The average Bonchev–Trinajstić information content (AvgIpc) is 3.51. The van der Waals surface area contributed by atoms with Crippen LogP contribution in [0.5, 0.6) is 0 Å².